The molecule has 0 bridgehead atoms. The van der Waals surface area contributed by atoms with E-state index in [0.29, 0.717) is 0 Å². The van der Waals surface area contributed by atoms with Gasteiger partial charge in [0.2, 0.25) is 0 Å². The molecular weight excluding hydrogens is 288 g/mol. The van der Waals surface area contributed by atoms with Crippen molar-refractivity contribution in [3.8, 4) is 0 Å². The molecule has 0 spiro atoms. The maximum absolute atomic E-state index is 2.25. The molecule has 0 aliphatic rings. The summed E-state index contributed by atoms with van der Waals surface area (Å²) >= 11 is 0. The van der Waals surface area contributed by atoms with Crippen molar-refractivity contribution in [1.29, 1.82) is 0 Å². The van der Waals surface area contributed by atoms with E-state index in [0.717, 1.165) is 29.6 Å². The van der Waals surface area contributed by atoms with Crippen LogP contribution in [-0.2, 0) is 0 Å². The van der Waals surface area contributed by atoms with Crippen molar-refractivity contribution >= 4 is 0 Å². The smallest absolute Gasteiger partial charge is 0.0471 e. The fourth-order valence-corrected chi connectivity index (χ4v) is 0.577. The zero-order chi connectivity index (χ0) is 20.7. The van der Waals surface area contributed by atoms with Crippen molar-refractivity contribution in [1.82, 2.24) is 0 Å². The molecule has 0 heterocycles. The Morgan fingerprint density at radius 2 is 0.583 bits per heavy atom. The molecule has 0 radical (unpaired) electrons. The molecule has 0 nitrogen and oxygen atoms in total. The summed E-state index contributed by atoms with van der Waals surface area (Å²) in [5.41, 5.74) is 0. The van der Waals surface area contributed by atoms with Crippen LogP contribution in [0.25, 0.3) is 0 Å². The van der Waals surface area contributed by atoms with E-state index in [9.17, 15) is 0 Å². The first-order chi connectivity index (χ1) is 10.8. The van der Waals surface area contributed by atoms with Crippen LogP contribution in [0.1, 0.15) is 130 Å². The third-order valence-corrected chi connectivity index (χ3v) is 2.50. The monoisotopic (exact) mass is 346 g/mol. The molecule has 0 aliphatic heterocycles. The van der Waals surface area contributed by atoms with Gasteiger partial charge in [0.1, 0.15) is 0 Å². The van der Waals surface area contributed by atoms with Gasteiger partial charge in [0.05, 0.1) is 0 Å². The third kappa shape index (κ3) is 198. The van der Waals surface area contributed by atoms with E-state index in [-0.39, 0.29) is 0 Å². The van der Waals surface area contributed by atoms with Crippen LogP contribution in [0.2, 0.25) is 0 Å². The Bertz CT molecular complexity index is 132. The van der Waals surface area contributed by atoms with Crippen molar-refractivity contribution in [2.45, 2.75) is 130 Å². The Morgan fingerprint density at radius 3 is 0.583 bits per heavy atom. The molecule has 0 N–H and O–H groups in total. The van der Waals surface area contributed by atoms with Crippen molar-refractivity contribution < 1.29 is 0 Å². The molecule has 0 aromatic rings. The predicted molar refractivity (Wildman–Crippen MR) is 121 cm³/mol. The second kappa shape index (κ2) is 30.8. The Kier molecular flexibility index (Phi) is 45.2. The van der Waals surface area contributed by atoms with E-state index in [1.165, 1.54) is 25.7 Å². The van der Waals surface area contributed by atoms with Gasteiger partial charge in [-0.2, -0.15) is 0 Å². The molecule has 0 saturated heterocycles. The minimum absolute atomic E-state index is 0.833. The van der Waals surface area contributed by atoms with E-state index in [1.54, 1.807) is 0 Å². The fourth-order valence-electron chi connectivity index (χ4n) is 0.577. The first-order valence-corrected chi connectivity index (χ1v) is 10.8. The highest BCUT2D eigenvalue weighted by Crippen LogP contribution is 2.00. The second-order valence-electron chi connectivity index (χ2n) is 9.25. The van der Waals surface area contributed by atoms with Crippen LogP contribution in [0.5, 0.6) is 0 Å². The molecule has 0 amide bonds. The Balaban J connectivity index is -0.0000000633. The van der Waals surface area contributed by atoms with Gasteiger partial charge in [-0.15, -0.1) is 0 Å². The number of rotatable bonds is 4. The molecule has 0 heteroatoms. The number of hydrogen-bond acceptors (Lipinski definition) is 0. The van der Waals surface area contributed by atoms with Crippen LogP contribution in [0.15, 0.2) is 0 Å². The van der Waals surface area contributed by atoms with Gasteiger partial charge in [0.15, 0.2) is 0 Å². The standard InChI is InChI=1S/C6H14.2C5H12.2C4H10/c1-4-5-6(2)3;2*1-4-5(2)3;2*1-4(2)3/h6H,4-5H2,1-3H3;2*5H,4H2,1-3H3;2*4H,1-3H3. The normalized spacial score (nSPS) is 9.50. The molecular formula is C24H58. The van der Waals surface area contributed by atoms with Crippen molar-refractivity contribution in [3.63, 3.8) is 0 Å². The second-order valence-corrected chi connectivity index (χ2v) is 9.25. The average Bonchev–Trinajstić information content (AvgIpc) is 2.38. The molecule has 0 saturated carbocycles. The summed E-state index contributed by atoms with van der Waals surface area (Å²) in [5.74, 6) is 4.33. The minimum atomic E-state index is 0.833. The Hall–Kier alpha value is 0. The van der Waals surface area contributed by atoms with Gasteiger partial charge in [-0.1, -0.05) is 130 Å². The first-order valence-electron chi connectivity index (χ1n) is 10.8. The topological polar surface area (TPSA) is 0 Å². The minimum Gasteiger partial charge on any atom is -0.0654 e. The lowest BCUT2D eigenvalue weighted by atomic mass is 10.1. The molecule has 0 rings (SSSR count). The van der Waals surface area contributed by atoms with Crippen LogP contribution in [-0.4, -0.2) is 0 Å². The van der Waals surface area contributed by atoms with Gasteiger partial charge < -0.3 is 0 Å². The molecule has 24 heavy (non-hydrogen) atoms. The Labute approximate surface area is 159 Å². The van der Waals surface area contributed by atoms with Gasteiger partial charge in [-0.25, -0.2) is 0 Å². The predicted octanol–water partition coefficient (Wildman–Crippen LogP) is 9.87. The Morgan fingerprint density at radius 1 is 0.417 bits per heavy atom. The van der Waals surface area contributed by atoms with Gasteiger partial charge in [0, 0.05) is 0 Å². The maximum atomic E-state index is 2.25. The first kappa shape index (κ1) is 35.2. The summed E-state index contributed by atoms with van der Waals surface area (Å²) in [4.78, 5) is 0. The quantitative estimate of drug-likeness (QED) is 0.475. The SMILES string of the molecule is CC(C)C.CC(C)C.CCC(C)C.CCC(C)C.CCCC(C)C. The summed E-state index contributed by atoms with van der Waals surface area (Å²) in [6, 6.07) is 0. The van der Waals surface area contributed by atoms with Crippen molar-refractivity contribution in [2.24, 2.45) is 29.6 Å². The van der Waals surface area contributed by atoms with E-state index < -0.39 is 0 Å². The lowest BCUT2D eigenvalue weighted by molar-refractivity contribution is 0.576. The summed E-state index contributed by atoms with van der Waals surface area (Å²) in [6.45, 7) is 33.0. The molecule has 0 aromatic heterocycles. The van der Waals surface area contributed by atoms with E-state index in [4.69, 9.17) is 0 Å². The van der Waals surface area contributed by atoms with Crippen molar-refractivity contribution in [3.05, 3.63) is 0 Å². The molecule has 0 unspecified atom stereocenters. The fraction of sp³-hybridized carbons (Fsp3) is 1.00. The molecule has 0 fully saturated rings. The average molecular weight is 347 g/mol. The summed E-state index contributed by atoms with van der Waals surface area (Å²) in [7, 11) is 0. The van der Waals surface area contributed by atoms with Gasteiger partial charge in [-0.05, 0) is 29.6 Å². The van der Waals surface area contributed by atoms with Gasteiger partial charge in [-0.3, -0.25) is 0 Å². The van der Waals surface area contributed by atoms with E-state index in [1.807, 2.05) is 0 Å². The molecule has 0 atom stereocenters. The van der Waals surface area contributed by atoms with E-state index in [2.05, 4.69) is 104 Å². The van der Waals surface area contributed by atoms with E-state index >= 15 is 0 Å². The lowest BCUT2D eigenvalue weighted by Gasteiger charge is -1.95. The summed E-state index contributed by atoms with van der Waals surface area (Å²) < 4.78 is 0. The summed E-state index contributed by atoms with van der Waals surface area (Å²) in [6.07, 6.45) is 5.32. The van der Waals surface area contributed by atoms with Crippen LogP contribution >= 0.6 is 0 Å². The van der Waals surface area contributed by atoms with Gasteiger partial charge >= 0.3 is 0 Å². The van der Waals surface area contributed by atoms with Crippen LogP contribution < -0.4 is 0 Å². The molecule has 0 aromatic carbocycles. The van der Waals surface area contributed by atoms with Gasteiger partial charge in [0.25, 0.3) is 0 Å². The van der Waals surface area contributed by atoms with Crippen LogP contribution in [0.3, 0.4) is 0 Å². The van der Waals surface area contributed by atoms with Crippen LogP contribution in [0, 0.1) is 29.6 Å². The highest BCUT2D eigenvalue weighted by molar-refractivity contribution is 4.38. The highest BCUT2D eigenvalue weighted by atomic mass is 13.9. The molecule has 154 valence electrons. The largest absolute Gasteiger partial charge is 0.0654 e. The lowest BCUT2D eigenvalue weighted by Crippen LogP contribution is -1.81. The van der Waals surface area contributed by atoms with Crippen molar-refractivity contribution in [2.75, 3.05) is 0 Å². The maximum Gasteiger partial charge on any atom is -0.0471 e. The third-order valence-electron chi connectivity index (χ3n) is 2.50. The summed E-state index contributed by atoms with van der Waals surface area (Å²) in [5, 5.41) is 0. The number of hydrogen-bond donors (Lipinski definition) is 0. The molecule has 0 aliphatic carbocycles. The van der Waals surface area contributed by atoms with Crippen LogP contribution in [0.4, 0.5) is 0 Å². The highest BCUT2D eigenvalue weighted by Gasteiger charge is 1.85. The zero-order valence-electron chi connectivity index (χ0n) is 20.7. The zero-order valence-corrected chi connectivity index (χ0v) is 20.7.